The van der Waals surface area contributed by atoms with E-state index in [9.17, 15) is 14.0 Å². The summed E-state index contributed by atoms with van der Waals surface area (Å²) >= 11 is 0. The maximum Gasteiger partial charge on any atom is 0.409 e. The van der Waals surface area contributed by atoms with E-state index >= 15 is 0 Å². The first kappa shape index (κ1) is 14.5. The first-order chi connectivity index (χ1) is 9.63. The van der Waals surface area contributed by atoms with Crippen molar-refractivity contribution in [3.8, 4) is 0 Å². The molecule has 0 bridgehead atoms. The molecule has 1 aliphatic rings. The Labute approximate surface area is 117 Å². The fourth-order valence-electron chi connectivity index (χ4n) is 2.42. The zero-order valence-electron chi connectivity index (χ0n) is 11.5. The Bertz CT molecular complexity index is 496. The second-order valence-electron chi connectivity index (χ2n) is 4.80. The number of piperidine rings is 1. The Morgan fingerprint density at radius 3 is 2.55 bits per heavy atom. The fraction of sp³-hybridized carbons (Fsp3) is 0.467. The van der Waals surface area contributed by atoms with Crippen molar-refractivity contribution in [2.75, 3.05) is 19.7 Å². The molecular formula is C15H18FNO3. The largest absolute Gasteiger partial charge is 0.450 e. The smallest absolute Gasteiger partial charge is 0.409 e. The molecule has 0 aliphatic carbocycles. The van der Waals surface area contributed by atoms with E-state index in [1.165, 1.54) is 12.1 Å². The molecule has 2 rings (SSSR count). The average Bonchev–Trinajstić information content (AvgIpc) is 2.47. The summed E-state index contributed by atoms with van der Waals surface area (Å²) < 4.78 is 18.5. The van der Waals surface area contributed by atoms with Crippen LogP contribution in [0, 0.1) is 11.7 Å². The van der Waals surface area contributed by atoms with Crippen molar-refractivity contribution in [2.45, 2.75) is 19.8 Å². The summed E-state index contributed by atoms with van der Waals surface area (Å²) in [6.07, 6.45) is 0.752. The first-order valence-corrected chi connectivity index (χ1v) is 6.84. The number of carbonyl (C=O) groups is 2. The average molecular weight is 279 g/mol. The van der Waals surface area contributed by atoms with Gasteiger partial charge < -0.3 is 9.64 Å². The van der Waals surface area contributed by atoms with Crippen LogP contribution in [-0.4, -0.2) is 36.5 Å². The molecule has 0 saturated carbocycles. The lowest BCUT2D eigenvalue weighted by atomic mass is 9.89. The summed E-state index contributed by atoms with van der Waals surface area (Å²) in [5.41, 5.74) is 0.141. The van der Waals surface area contributed by atoms with Crippen LogP contribution >= 0.6 is 0 Å². The van der Waals surface area contributed by atoms with Crippen LogP contribution in [0.3, 0.4) is 0 Å². The van der Waals surface area contributed by atoms with Gasteiger partial charge in [-0.05, 0) is 31.9 Å². The highest BCUT2D eigenvalue weighted by molar-refractivity contribution is 5.98. The minimum absolute atomic E-state index is 0.141. The van der Waals surface area contributed by atoms with Gasteiger partial charge in [0.1, 0.15) is 5.82 Å². The Morgan fingerprint density at radius 1 is 1.30 bits per heavy atom. The van der Waals surface area contributed by atoms with E-state index in [2.05, 4.69) is 0 Å². The number of Topliss-reactive ketones (excluding diaryl/α,β-unsaturated/α-hetero) is 1. The van der Waals surface area contributed by atoms with Crippen molar-refractivity contribution in [3.63, 3.8) is 0 Å². The second-order valence-corrected chi connectivity index (χ2v) is 4.80. The molecule has 1 aliphatic heterocycles. The Morgan fingerprint density at radius 2 is 1.95 bits per heavy atom. The summed E-state index contributed by atoms with van der Waals surface area (Å²) in [6.45, 7) is 3.05. The number of ketones is 1. The quantitative estimate of drug-likeness (QED) is 0.799. The molecule has 1 aromatic rings. The molecular weight excluding hydrogens is 261 g/mol. The zero-order chi connectivity index (χ0) is 14.5. The second kappa shape index (κ2) is 6.50. The molecule has 0 radical (unpaired) electrons. The van der Waals surface area contributed by atoms with Crippen LogP contribution in [0.2, 0.25) is 0 Å². The summed E-state index contributed by atoms with van der Waals surface area (Å²) in [5, 5.41) is 0. The van der Waals surface area contributed by atoms with Crippen molar-refractivity contribution in [1.82, 2.24) is 4.90 Å². The minimum Gasteiger partial charge on any atom is -0.450 e. The molecule has 108 valence electrons. The number of hydrogen-bond donors (Lipinski definition) is 0. The predicted molar refractivity (Wildman–Crippen MR) is 72.0 cm³/mol. The number of nitrogens with zero attached hydrogens (tertiary/aromatic N) is 1. The monoisotopic (exact) mass is 279 g/mol. The van der Waals surface area contributed by atoms with Crippen molar-refractivity contribution < 1.29 is 18.7 Å². The van der Waals surface area contributed by atoms with Gasteiger partial charge in [-0.25, -0.2) is 9.18 Å². The summed E-state index contributed by atoms with van der Waals surface area (Å²) in [5.74, 6) is -0.880. The lowest BCUT2D eigenvalue weighted by molar-refractivity contribution is 0.0750. The van der Waals surface area contributed by atoms with Gasteiger partial charge in [-0.3, -0.25) is 4.79 Å². The van der Waals surface area contributed by atoms with Crippen molar-refractivity contribution in [3.05, 3.63) is 35.6 Å². The Kier molecular flexibility index (Phi) is 4.71. The van der Waals surface area contributed by atoms with Gasteiger partial charge in [-0.2, -0.15) is 0 Å². The van der Waals surface area contributed by atoms with Gasteiger partial charge in [0.15, 0.2) is 5.78 Å². The summed E-state index contributed by atoms with van der Waals surface area (Å²) in [4.78, 5) is 25.4. The standard InChI is InChI=1S/C15H18FNO3/c1-2-20-15(19)17-9-7-11(8-10-17)14(18)12-5-3-4-6-13(12)16/h3-6,11H,2,7-10H2,1H3. The van der Waals surface area contributed by atoms with Crippen LogP contribution in [0.15, 0.2) is 24.3 Å². The molecule has 0 unspecified atom stereocenters. The molecule has 0 atom stereocenters. The number of benzene rings is 1. The van der Waals surface area contributed by atoms with E-state index in [-0.39, 0.29) is 23.4 Å². The lowest BCUT2D eigenvalue weighted by Gasteiger charge is -2.30. The highest BCUT2D eigenvalue weighted by Crippen LogP contribution is 2.23. The molecule has 0 N–H and O–H groups in total. The van der Waals surface area contributed by atoms with E-state index in [1.54, 1.807) is 24.0 Å². The number of hydrogen-bond acceptors (Lipinski definition) is 3. The molecule has 1 fully saturated rings. The van der Waals surface area contributed by atoms with Crippen molar-refractivity contribution in [2.24, 2.45) is 5.92 Å². The highest BCUT2D eigenvalue weighted by Gasteiger charge is 2.29. The highest BCUT2D eigenvalue weighted by atomic mass is 19.1. The number of rotatable bonds is 3. The molecule has 0 spiro atoms. The number of halogens is 1. The van der Waals surface area contributed by atoms with E-state index in [4.69, 9.17) is 4.74 Å². The third kappa shape index (κ3) is 3.15. The third-order valence-corrected chi connectivity index (χ3v) is 3.53. The SMILES string of the molecule is CCOC(=O)N1CCC(C(=O)c2ccccc2F)CC1. The van der Waals surface area contributed by atoms with E-state index in [1.807, 2.05) is 0 Å². The first-order valence-electron chi connectivity index (χ1n) is 6.84. The molecule has 1 heterocycles. The molecule has 1 aromatic carbocycles. The number of carbonyl (C=O) groups excluding carboxylic acids is 2. The molecule has 5 heteroatoms. The van der Waals surface area contributed by atoms with E-state index < -0.39 is 5.82 Å². The van der Waals surface area contributed by atoms with Crippen LogP contribution in [0.1, 0.15) is 30.1 Å². The summed E-state index contributed by atoms with van der Waals surface area (Å²) in [6, 6.07) is 6.02. The van der Waals surface area contributed by atoms with Gasteiger partial charge >= 0.3 is 6.09 Å². The van der Waals surface area contributed by atoms with Crippen LogP contribution in [0.5, 0.6) is 0 Å². The number of amides is 1. The lowest BCUT2D eigenvalue weighted by Crippen LogP contribution is -2.40. The van der Waals surface area contributed by atoms with Gasteiger partial charge in [0.05, 0.1) is 12.2 Å². The minimum atomic E-state index is -0.481. The van der Waals surface area contributed by atoms with Gasteiger partial charge in [0, 0.05) is 19.0 Å². The van der Waals surface area contributed by atoms with Gasteiger partial charge in [0.2, 0.25) is 0 Å². The van der Waals surface area contributed by atoms with Crippen molar-refractivity contribution in [1.29, 1.82) is 0 Å². The third-order valence-electron chi connectivity index (χ3n) is 3.53. The molecule has 1 amide bonds. The summed E-state index contributed by atoms with van der Waals surface area (Å²) in [7, 11) is 0. The molecule has 1 saturated heterocycles. The van der Waals surface area contributed by atoms with Crippen LogP contribution in [0.4, 0.5) is 9.18 Å². The van der Waals surface area contributed by atoms with Crippen LogP contribution < -0.4 is 0 Å². The number of ether oxygens (including phenoxy) is 1. The van der Waals surface area contributed by atoms with Crippen molar-refractivity contribution >= 4 is 11.9 Å². The van der Waals surface area contributed by atoms with Gasteiger partial charge in [-0.1, -0.05) is 12.1 Å². The molecule has 4 nitrogen and oxygen atoms in total. The maximum atomic E-state index is 13.6. The molecule has 0 aromatic heterocycles. The zero-order valence-corrected chi connectivity index (χ0v) is 11.5. The van der Waals surface area contributed by atoms with Crippen LogP contribution in [0.25, 0.3) is 0 Å². The van der Waals surface area contributed by atoms with Gasteiger partial charge in [0.25, 0.3) is 0 Å². The van der Waals surface area contributed by atoms with E-state index in [0.717, 1.165) is 0 Å². The Hall–Kier alpha value is -1.91. The van der Waals surface area contributed by atoms with Gasteiger partial charge in [-0.15, -0.1) is 0 Å². The molecule has 20 heavy (non-hydrogen) atoms. The maximum absolute atomic E-state index is 13.6. The fourth-order valence-corrected chi connectivity index (χ4v) is 2.42. The Balaban J connectivity index is 1.96. The normalized spacial score (nSPS) is 16.0. The number of likely N-dealkylation sites (tertiary alicyclic amines) is 1. The predicted octanol–water partition coefficient (Wildman–Crippen LogP) is 2.88. The van der Waals surface area contributed by atoms with Crippen LogP contribution in [-0.2, 0) is 4.74 Å². The topological polar surface area (TPSA) is 46.6 Å². The van der Waals surface area contributed by atoms with E-state index in [0.29, 0.717) is 32.5 Å².